The van der Waals surface area contributed by atoms with Crippen LogP contribution >= 0.6 is 0 Å². The minimum absolute atomic E-state index is 0.182. The zero-order valence-corrected chi connectivity index (χ0v) is 47.7. The first-order chi connectivity index (χ1) is 37.1. The molecule has 0 aromatic carbocycles. The van der Waals surface area contributed by atoms with Gasteiger partial charge in [-0.15, -0.1) is 0 Å². The number of rotatable bonds is 49. The molecule has 9 N–H and O–H groups in total. The summed E-state index contributed by atoms with van der Waals surface area (Å²) in [6.07, 6.45) is 43.0. The Labute approximate surface area is 461 Å². The van der Waals surface area contributed by atoms with E-state index >= 15 is 0 Å². The molecule has 2 aliphatic heterocycles. The highest BCUT2D eigenvalue weighted by atomic mass is 16.7. The van der Waals surface area contributed by atoms with Crippen LogP contribution in [0.1, 0.15) is 245 Å². The van der Waals surface area contributed by atoms with Gasteiger partial charge in [0.1, 0.15) is 48.8 Å². The Morgan fingerprint density at radius 2 is 0.882 bits per heavy atom. The van der Waals surface area contributed by atoms with Gasteiger partial charge >= 0.3 is 0 Å². The van der Waals surface area contributed by atoms with Crippen LogP contribution in [0.5, 0.6) is 0 Å². The molecule has 14 heteroatoms. The summed E-state index contributed by atoms with van der Waals surface area (Å²) in [5.41, 5.74) is 0. The van der Waals surface area contributed by atoms with Gasteiger partial charge in [-0.3, -0.25) is 4.79 Å². The summed E-state index contributed by atoms with van der Waals surface area (Å²) >= 11 is 0. The van der Waals surface area contributed by atoms with Gasteiger partial charge in [0.25, 0.3) is 0 Å². The Morgan fingerprint density at radius 1 is 0.487 bits per heavy atom. The highest BCUT2D eigenvalue weighted by molar-refractivity contribution is 5.76. The second kappa shape index (κ2) is 47.7. The normalized spacial score (nSPS) is 25.2. The summed E-state index contributed by atoms with van der Waals surface area (Å²) in [4.78, 5) is 13.2. The van der Waals surface area contributed by atoms with E-state index in [0.717, 1.165) is 51.4 Å². The number of aliphatic hydroxyl groups is 8. The van der Waals surface area contributed by atoms with Gasteiger partial charge < -0.3 is 65.1 Å². The molecule has 14 nitrogen and oxygen atoms in total. The summed E-state index contributed by atoms with van der Waals surface area (Å²) in [7, 11) is 0. The van der Waals surface area contributed by atoms with Crippen molar-refractivity contribution in [1.29, 1.82) is 0 Å². The van der Waals surface area contributed by atoms with E-state index in [1.54, 1.807) is 0 Å². The van der Waals surface area contributed by atoms with Crippen molar-refractivity contribution in [3.05, 3.63) is 48.6 Å². The lowest BCUT2D eigenvalue weighted by atomic mass is 9.97. The number of unbranched alkanes of at least 4 members (excludes halogenated alkanes) is 28. The van der Waals surface area contributed by atoms with Gasteiger partial charge in [-0.1, -0.05) is 249 Å². The first kappa shape index (κ1) is 70.1. The van der Waals surface area contributed by atoms with Crippen LogP contribution in [0.4, 0.5) is 0 Å². The van der Waals surface area contributed by atoms with E-state index in [0.29, 0.717) is 12.8 Å². The van der Waals surface area contributed by atoms with Crippen LogP contribution in [-0.4, -0.2) is 140 Å². The molecular weight excluding hydrogens is 967 g/mol. The summed E-state index contributed by atoms with van der Waals surface area (Å²) < 4.78 is 22.8. The third-order valence-electron chi connectivity index (χ3n) is 15.1. The second-order valence-electron chi connectivity index (χ2n) is 21.8. The van der Waals surface area contributed by atoms with Crippen LogP contribution < -0.4 is 5.32 Å². The molecule has 0 aliphatic carbocycles. The van der Waals surface area contributed by atoms with Crippen molar-refractivity contribution in [1.82, 2.24) is 5.32 Å². The highest BCUT2D eigenvalue weighted by Crippen LogP contribution is 2.30. The summed E-state index contributed by atoms with van der Waals surface area (Å²) in [6.45, 7) is 2.71. The van der Waals surface area contributed by atoms with Gasteiger partial charge in [0.05, 0.1) is 32.0 Å². The molecule has 0 spiro atoms. The van der Waals surface area contributed by atoms with Crippen molar-refractivity contribution in [2.24, 2.45) is 0 Å². The van der Waals surface area contributed by atoms with Gasteiger partial charge in [0.15, 0.2) is 12.6 Å². The van der Waals surface area contributed by atoms with Crippen LogP contribution in [-0.2, 0) is 23.7 Å². The molecular formula is C62H113NO13. The van der Waals surface area contributed by atoms with E-state index in [-0.39, 0.29) is 18.9 Å². The first-order valence-electron chi connectivity index (χ1n) is 30.9. The lowest BCUT2D eigenvalue weighted by molar-refractivity contribution is -0.359. The maximum absolute atomic E-state index is 13.2. The Kier molecular flexibility index (Phi) is 44.0. The fourth-order valence-electron chi connectivity index (χ4n) is 10.1. The molecule has 2 aliphatic rings. The second-order valence-corrected chi connectivity index (χ2v) is 21.8. The lowest BCUT2D eigenvalue weighted by Crippen LogP contribution is -2.65. The van der Waals surface area contributed by atoms with Crippen LogP contribution in [0.3, 0.4) is 0 Å². The van der Waals surface area contributed by atoms with Gasteiger partial charge in [0, 0.05) is 6.42 Å². The summed E-state index contributed by atoms with van der Waals surface area (Å²) in [6, 6.07) is -0.868. The van der Waals surface area contributed by atoms with E-state index in [4.69, 9.17) is 18.9 Å². The Bertz CT molecular complexity index is 1460. The summed E-state index contributed by atoms with van der Waals surface area (Å²) in [5.74, 6) is -0.285. The van der Waals surface area contributed by atoms with Gasteiger partial charge in [-0.05, 0) is 38.5 Å². The quantitative estimate of drug-likeness (QED) is 0.0204. The van der Waals surface area contributed by atoms with E-state index in [9.17, 15) is 45.6 Å². The standard InChI is InChI=1S/C62H113NO13/c1-3-5-7-9-11-13-15-17-18-19-20-21-22-23-24-25-26-27-28-29-30-31-32-34-35-37-39-41-43-45-51(66)50(63-54(67)46-44-42-40-38-36-33-16-14-12-10-8-6-4-2)49-73-61-59(72)57(70)60(53(48-65)75-61)76-62-58(71)56(69)55(68)52(47-64)74-62/h6,8,12,14,33,36,40,42,50-53,55-62,64-66,68-72H,3-5,7,9-11,13,15-32,34-35,37-39,41,43-49H2,1-2H3,(H,63,67)/b8-6-,14-12-,36-33-,42-40-. The van der Waals surface area contributed by atoms with Gasteiger partial charge in [0.2, 0.25) is 5.91 Å². The SMILES string of the molecule is CC/C=C\C/C=C\C/C=C\C/C=C\CCC(=O)NC(COC1OC(CO)C(OC2OC(CO)C(O)C(O)C2O)C(O)C1O)C(O)CCCCCCCCCCCCCCCCCCCCCCCCCCCCCCC. The van der Waals surface area contributed by atoms with Crippen LogP contribution in [0.2, 0.25) is 0 Å². The predicted octanol–water partition coefficient (Wildman–Crippen LogP) is 10.8. The van der Waals surface area contributed by atoms with Crippen molar-refractivity contribution in [2.45, 2.75) is 319 Å². The number of hydrogen-bond acceptors (Lipinski definition) is 13. The lowest BCUT2D eigenvalue weighted by Gasteiger charge is -2.46. The van der Waals surface area contributed by atoms with Gasteiger partial charge in [-0.2, -0.15) is 0 Å². The van der Waals surface area contributed by atoms with E-state index in [2.05, 4.69) is 55.6 Å². The van der Waals surface area contributed by atoms with Crippen LogP contribution in [0.15, 0.2) is 48.6 Å². The fourth-order valence-corrected chi connectivity index (χ4v) is 10.1. The minimum Gasteiger partial charge on any atom is -0.394 e. The molecule has 0 saturated carbocycles. The van der Waals surface area contributed by atoms with Gasteiger partial charge in [-0.25, -0.2) is 0 Å². The monoisotopic (exact) mass is 1080 g/mol. The van der Waals surface area contributed by atoms with Crippen LogP contribution in [0.25, 0.3) is 0 Å². The number of allylic oxidation sites excluding steroid dienone is 8. The summed E-state index contributed by atoms with van der Waals surface area (Å²) in [5, 5.41) is 87.1. The number of carbonyl (C=O) groups is 1. The van der Waals surface area contributed by atoms with E-state index in [1.165, 1.54) is 161 Å². The maximum atomic E-state index is 13.2. The molecule has 2 saturated heterocycles. The van der Waals surface area contributed by atoms with Crippen molar-refractivity contribution in [3.8, 4) is 0 Å². The topological polar surface area (TPSA) is 228 Å². The smallest absolute Gasteiger partial charge is 0.220 e. The number of aliphatic hydroxyl groups excluding tert-OH is 8. The molecule has 76 heavy (non-hydrogen) atoms. The molecule has 0 radical (unpaired) electrons. The third-order valence-corrected chi connectivity index (χ3v) is 15.1. The number of carbonyl (C=O) groups excluding carboxylic acids is 1. The fraction of sp³-hybridized carbons (Fsp3) is 0.855. The van der Waals surface area contributed by atoms with Crippen molar-refractivity contribution in [3.63, 3.8) is 0 Å². The Hall–Kier alpha value is -2.05. The Balaban J connectivity index is 1.68. The molecule has 2 fully saturated rings. The molecule has 12 unspecified atom stereocenters. The molecule has 0 aromatic heterocycles. The zero-order chi connectivity index (χ0) is 55.3. The number of hydrogen-bond donors (Lipinski definition) is 9. The number of amides is 1. The molecule has 444 valence electrons. The van der Waals surface area contributed by atoms with Crippen molar-refractivity contribution >= 4 is 5.91 Å². The van der Waals surface area contributed by atoms with Crippen molar-refractivity contribution in [2.75, 3.05) is 19.8 Å². The largest absolute Gasteiger partial charge is 0.394 e. The predicted molar refractivity (Wildman–Crippen MR) is 304 cm³/mol. The number of ether oxygens (including phenoxy) is 4. The van der Waals surface area contributed by atoms with Crippen molar-refractivity contribution < 1.29 is 64.6 Å². The maximum Gasteiger partial charge on any atom is 0.220 e. The van der Waals surface area contributed by atoms with E-state index in [1.807, 2.05) is 12.2 Å². The number of nitrogens with one attached hydrogen (secondary N) is 1. The van der Waals surface area contributed by atoms with Crippen LogP contribution in [0, 0.1) is 0 Å². The molecule has 0 bridgehead atoms. The van der Waals surface area contributed by atoms with E-state index < -0.39 is 86.8 Å². The molecule has 2 heterocycles. The molecule has 12 atom stereocenters. The molecule has 2 rings (SSSR count). The minimum atomic E-state index is -1.79. The highest BCUT2D eigenvalue weighted by Gasteiger charge is 2.51. The average Bonchev–Trinajstić information content (AvgIpc) is 3.42. The molecule has 0 aromatic rings. The first-order valence-corrected chi connectivity index (χ1v) is 30.9. The average molecular weight is 1080 g/mol. The molecule has 1 amide bonds. The Morgan fingerprint density at radius 3 is 1.32 bits per heavy atom. The third kappa shape index (κ3) is 32.9. The zero-order valence-electron chi connectivity index (χ0n) is 47.7.